The smallest absolute Gasteiger partial charge is 0.274 e. The number of rotatable bonds is 5. The molecule has 0 N–H and O–H groups in total. The van der Waals surface area contributed by atoms with Crippen LogP contribution in [0.3, 0.4) is 0 Å². The summed E-state index contributed by atoms with van der Waals surface area (Å²) in [5, 5.41) is 0. The van der Waals surface area contributed by atoms with Crippen LogP contribution in [-0.2, 0) is 17.6 Å². The molecule has 1 spiro atoms. The predicted molar refractivity (Wildman–Crippen MR) is 157 cm³/mol. The fourth-order valence-corrected chi connectivity index (χ4v) is 6.19. The average Bonchev–Trinajstić information content (AvgIpc) is 3.02. The molecule has 2 aliphatic heterocycles. The topological polar surface area (TPSA) is 84.9 Å². The van der Waals surface area contributed by atoms with Crippen molar-refractivity contribution in [1.29, 1.82) is 0 Å². The Labute approximate surface area is 242 Å². The van der Waals surface area contributed by atoms with Crippen LogP contribution in [0.15, 0.2) is 67.1 Å². The third-order valence-corrected chi connectivity index (χ3v) is 8.57. The van der Waals surface area contributed by atoms with Crippen LogP contribution in [0.4, 0.5) is 0 Å². The van der Waals surface area contributed by atoms with Crippen molar-refractivity contribution in [2.75, 3.05) is 39.9 Å². The van der Waals surface area contributed by atoms with E-state index in [1.165, 1.54) is 11.8 Å². The molecule has 0 atom stereocenters. The van der Waals surface area contributed by atoms with Gasteiger partial charge in [0.25, 0.3) is 5.91 Å². The third kappa shape index (κ3) is 7.23. The van der Waals surface area contributed by atoms with Gasteiger partial charge in [0.2, 0.25) is 5.91 Å². The van der Waals surface area contributed by atoms with Crippen molar-refractivity contribution in [1.82, 2.24) is 19.8 Å². The molecule has 3 heterocycles. The minimum absolute atomic E-state index is 0.0595. The van der Waals surface area contributed by atoms with Crippen molar-refractivity contribution in [3.8, 4) is 11.5 Å². The summed E-state index contributed by atoms with van der Waals surface area (Å²) >= 11 is 0. The molecule has 41 heavy (non-hydrogen) atoms. The summed E-state index contributed by atoms with van der Waals surface area (Å²) < 4.78 is 11.7. The van der Waals surface area contributed by atoms with Crippen LogP contribution in [0.5, 0.6) is 11.5 Å². The van der Waals surface area contributed by atoms with Gasteiger partial charge in [-0.3, -0.25) is 14.6 Å². The molecule has 2 aliphatic rings. The molecule has 0 saturated carbocycles. The number of amides is 2. The van der Waals surface area contributed by atoms with E-state index < -0.39 is 0 Å². The number of benzene rings is 2. The van der Waals surface area contributed by atoms with Crippen molar-refractivity contribution >= 4 is 11.8 Å². The van der Waals surface area contributed by atoms with Crippen LogP contribution in [0.25, 0.3) is 0 Å². The van der Waals surface area contributed by atoms with Gasteiger partial charge in [-0.05, 0) is 67.2 Å². The Kier molecular flexibility index (Phi) is 9.49. The van der Waals surface area contributed by atoms with Gasteiger partial charge in [-0.25, -0.2) is 4.98 Å². The van der Waals surface area contributed by atoms with E-state index in [1.54, 1.807) is 19.5 Å². The van der Waals surface area contributed by atoms with E-state index in [1.807, 2.05) is 46.2 Å². The molecule has 0 bridgehead atoms. The summed E-state index contributed by atoms with van der Waals surface area (Å²) in [6.07, 6.45) is 11.6. The van der Waals surface area contributed by atoms with E-state index >= 15 is 0 Å². The zero-order chi connectivity index (χ0) is 28.5. The van der Waals surface area contributed by atoms with E-state index in [4.69, 9.17) is 9.47 Å². The molecule has 3 aromatic rings. The summed E-state index contributed by atoms with van der Waals surface area (Å²) in [7, 11) is 1.66. The monoisotopic (exact) mass is 556 g/mol. The Morgan fingerprint density at radius 2 is 1.76 bits per heavy atom. The number of methoxy groups -OCH3 is 1. The highest BCUT2D eigenvalue weighted by Gasteiger charge is 2.38. The van der Waals surface area contributed by atoms with Gasteiger partial charge in [-0.1, -0.05) is 42.8 Å². The number of carbonyl (C=O) groups is 2. The molecule has 8 heteroatoms. The molecule has 8 nitrogen and oxygen atoms in total. The molecule has 5 rings (SSSR count). The van der Waals surface area contributed by atoms with Crippen LogP contribution in [0.2, 0.25) is 0 Å². The van der Waals surface area contributed by atoms with Crippen LogP contribution in [0.1, 0.15) is 60.1 Å². The second-order valence-electron chi connectivity index (χ2n) is 11.2. The molecule has 1 aromatic heterocycles. The van der Waals surface area contributed by atoms with Gasteiger partial charge < -0.3 is 19.3 Å². The summed E-state index contributed by atoms with van der Waals surface area (Å²) in [6.45, 7) is 2.91. The number of carbonyl (C=O) groups excluding carboxylic acids is 2. The predicted octanol–water partition coefficient (Wildman–Crippen LogP) is 4.97. The highest BCUT2D eigenvalue weighted by atomic mass is 16.5. The maximum atomic E-state index is 13.6. The molecule has 216 valence electrons. The lowest BCUT2D eigenvalue weighted by Gasteiger charge is -2.45. The standard InChI is InChI=1S/C33H40N4O4/c1-40-29-11-4-2-9-27(29)13-14-31(38)36-20-16-33(17-21-36)15-7-6-10-26-8-3-5-12-30(26)41-23-22-37(25-33)32(39)28-24-34-18-19-35-28/h2-5,8-9,11-12,18-19,24H,6-7,10,13-17,20-23,25H2,1H3. The molecule has 1 fully saturated rings. The second-order valence-corrected chi connectivity index (χ2v) is 11.2. The summed E-state index contributed by atoms with van der Waals surface area (Å²) in [5.74, 6) is 1.78. The van der Waals surface area contributed by atoms with Crippen LogP contribution < -0.4 is 9.47 Å². The molecule has 2 aromatic carbocycles. The number of aromatic nitrogens is 2. The first-order valence-corrected chi connectivity index (χ1v) is 14.7. The number of aryl methyl sites for hydroxylation is 2. The van der Waals surface area contributed by atoms with E-state index in [-0.39, 0.29) is 17.2 Å². The molecule has 0 radical (unpaired) electrons. The molecule has 2 amide bonds. The zero-order valence-corrected chi connectivity index (χ0v) is 24.0. The minimum atomic E-state index is -0.123. The lowest BCUT2D eigenvalue weighted by Crippen LogP contribution is -2.50. The number of piperidine rings is 1. The number of para-hydroxylation sites is 2. The minimum Gasteiger partial charge on any atom is -0.496 e. The molecular weight excluding hydrogens is 516 g/mol. The molecule has 1 saturated heterocycles. The van der Waals surface area contributed by atoms with Gasteiger partial charge in [-0.2, -0.15) is 0 Å². The van der Waals surface area contributed by atoms with Crippen LogP contribution in [0, 0.1) is 5.41 Å². The van der Waals surface area contributed by atoms with Crippen molar-refractivity contribution in [2.45, 2.75) is 51.4 Å². The highest BCUT2D eigenvalue weighted by molar-refractivity contribution is 5.92. The Morgan fingerprint density at radius 3 is 2.56 bits per heavy atom. The van der Waals surface area contributed by atoms with E-state index in [0.29, 0.717) is 51.3 Å². The van der Waals surface area contributed by atoms with Crippen LogP contribution in [-0.4, -0.2) is 71.5 Å². The first kappa shape index (κ1) is 28.6. The second kappa shape index (κ2) is 13.6. The highest BCUT2D eigenvalue weighted by Crippen LogP contribution is 2.39. The van der Waals surface area contributed by atoms with E-state index in [9.17, 15) is 9.59 Å². The third-order valence-electron chi connectivity index (χ3n) is 8.57. The number of nitrogens with zero attached hydrogens (tertiary/aromatic N) is 4. The van der Waals surface area contributed by atoms with Gasteiger partial charge in [0.1, 0.15) is 23.8 Å². The van der Waals surface area contributed by atoms with Crippen molar-refractivity contribution < 1.29 is 19.1 Å². The number of fused-ring (bicyclic) bond motifs is 1. The largest absolute Gasteiger partial charge is 0.496 e. The van der Waals surface area contributed by atoms with Gasteiger partial charge in [0.05, 0.1) is 19.9 Å². The number of likely N-dealkylation sites (tertiary alicyclic amines) is 1. The SMILES string of the molecule is COc1ccccc1CCC(=O)N1CCC2(CCCCc3ccccc3OCCN(C(=O)c3cnccn3)C2)CC1. The van der Waals surface area contributed by atoms with Crippen molar-refractivity contribution in [3.05, 3.63) is 83.9 Å². The first-order chi connectivity index (χ1) is 20.1. The molecular formula is C33H40N4O4. The lowest BCUT2D eigenvalue weighted by molar-refractivity contribution is -0.133. The summed E-state index contributed by atoms with van der Waals surface area (Å²) in [4.78, 5) is 39.2. The first-order valence-electron chi connectivity index (χ1n) is 14.7. The summed E-state index contributed by atoms with van der Waals surface area (Å²) in [6, 6.07) is 16.1. The maximum absolute atomic E-state index is 13.6. The quantitative estimate of drug-likeness (QED) is 0.441. The number of hydrogen-bond acceptors (Lipinski definition) is 6. The van der Waals surface area contributed by atoms with E-state index in [0.717, 1.165) is 55.6 Å². The lowest BCUT2D eigenvalue weighted by atomic mass is 9.73. The molecule has 0 unspecified atom stereocenters. The van der Waals surface area contributed by atoms with Gasteiger partial charge in [-0.15, -0.1) is 0 Å². The Hall–Kier alpha value is -3.94. The Morgan fingerprint density at radius 1 is 0.951 bits per heavy atom. The van der Waals surface area contributed by atoms with Crippen molar-refractivity contribution in [2.24, 2.45) is 5.41 Å². The normalized spacial score (nSPS) is 17.5. The van der Waals surface area contributed by atoms with Gasteiger partial charge in [0.15, 0.2) is 0 Å². The Balaban J connectivity index is 1.28. The average molecular weight is 557 g/mol. The van der Waals surface area contributed by atoms with Gasteiger partial charge >= 0.3 is 0 Å². The number of hydrogen-bond donors (Lipinski definition) is 0. The maximum Gasteiger partial charge on any atom is 0.274 e. The Bertz CT molecular complexity index is 1310. The fraction of sp³-hybridized carbons (Fsp3) is 0.455. The van der Waals surface area contributed by atoms with Crippen molar-refractivity contribution in [3.63, 3.8) is 0 Å². The molecule has 0 aliphatic carbocycles. The van der Waals surface area contributed by atoms with Gasteiger partial charge in [0, 0.05) is 38.4 Å². The van der Waals surface area contributed by atoms with Crippen LogP contribution >= 0.6 is 0 Å². The van der Waals surface area contributed by atoms with E-state index in [2.05, 4.69) is 22.1 Å². The zero-order valence-electron chi connectivity index (χ0n) is 24.0. The fourth-order valence-electron chi connectivity index (χ4n) is 6.19. The summed E-state index contributed by atoms with van der Waals surface area (Å²) in [5.41, 5.74) is 2.55. The number of ether oxygens (including phenoxy) is 2.